The van der Waals surface area contributed by atoms with E-state index < -0.39 is 0 Å². The van der Waals surface area contributed by atoms with E-state index in [2.05, 4.69) is 18.5 Å². The zero-order valence-electron chi connectivity index (χ0n) is 13.2. The molecule has 3 nitrogen and oxygen atoms in total. The fraction of sp³-hybridized carbons (Fsp3) is 0.667. The van der Waals surface area contributed by atoms with Crippen LogP contribution in [0.15, 0.2) is 25.3 Å². The van der Waals surface area contributed by atoms with Gasteiger partial charge in [0.2, 0.25) is 5.91 Å². The molecule has 4 heteroatoms. The minimum Gasteiger partial charge on any atom is -0.342 e. The fourth-order valence-electron chi connectivity index (χ4n) is 5.25. The van der Waals surface area contributed by atoms with Crippen molar-refractivity contribution in [3.63, 3.8) is 0 Å². The Labute approximate surface area is 138 Å². The molecule has 0 aliphatic heterocycles. The molecule has 1 N–H and O–H groups in total. The molecule has 4 aliphatic rings. The van der Waals surface area contributed by atoms with Crippen LogP contribution in [0.1, 0.15) is 38.5 Å². The van der Waals surface area contributed by atoms with Crippen molar-refractivity contribution in [1.29, 1.82) is 0 Å². The van der Waals surface area contributed by atoms with Crippen LogP contribution < -0.4 is 5.32 Å². The maximum Gasteiger partial charge on any atom is 0.232 e. The van der Waals surface area contributed by atoms with Crippen molar-refractivity contribution >= 4 is 23.2 Å². The van der Waals surface area contributed by atoms with Gasteiger partial charge in [-0.25, -0.2) is 0 Å². The monoisotopic (exact) mass is 318 g/mol. The molecule has 0 atom stereocenters. The molecule has 4 saturated carbocycles. The Kier molecular flexibility index (Phi) is 4.40. The number of nitrogens with one attached hydrogen (secondary N) is 1. The molecular formula is C18H26N2OS. The van der Waals surface area contributed by atoms with Crippen LogP contribution >= 0.6 is 12.2 Å². The van der Waals surface area contributed by atoms with Crippen molar-refractivity contribution in [3.8, 4) is 0 Å². The topological polar surface area (TPSA) is 32.3 Å². The third-order valence-electron chi connectivity index (χ3n) is 5.73. The fourth-order valence-corrected chi connectivity index (χ4v) is 5.49. The predicted molar refractivity (Wildman–Crippen MR) is 93.3 cm³/mol. The molecular weight excluding hydrogens is 292 g/mol. The lowest BCUT2D eigenvalue weighted by atomic mass is 9.49. The first-order valence-electron chi connectivity index (χ1n) is 8.38. The van der Waals surface area contributed by atoms with E-state index in [1.165, 1.54) is 19.3 Å². The van der Waals surface area contributed by atoms with Crippen LogP contribution in [0.25, 0.3) is 0 Å². The summed E-state index contributed by atoms with van der Waals surface area (Å²) in [7, 11) is 0. The summed E-state index contributed by atoms with van der Waals surface area (Å²) >= 11 is 5.44. The molecule has 1 amide bonds. The normalized spacial score (nSPS) is 35.0. The van der Waals surface area contributed by atoms with Gasteiger partial charge in [-0.15, -0.1) is 13.2 Å². The molecule has 0 aromatic carbocycles. The van der Waals surface area contributed by atoms with Gasteiger partial charge in [-0.05, 0) is 68.5 Å². The number of hydrogen-bond donors (Lipinski definition) is 1. The first-order valence-corrected chi connectivity index (χ1v) is 8.79. The third kappa shape index (κ3) is 2.85. The summed E-state index contributed by atoms with van der Waals surface area (Å²) in [6.45, 7) is 8.76. The molecule has 4 aliphatic carbocycles. The van der Waals surface area contributed by atoms with Crippen LogP contribution in [-0.2, 0) is 4.79 Å². The lowest BCUT2D eigenvalue weighted by Crippen LogP contribution is -2.56. The van der Waals surface area contributed by atoms with Crippen molar-refractivity contribution in [2.24, 2.45) is 23.2 Å². The molecule has 0 unspecified atom stereocenters. The van der Waals surface area contributed by atoms with Gasteiger partial charge in [-0.1, -0.05) is 12.2 Å². The highest BCUT2D eigenvalue weighted by Crippen LogP contribution is 2.60. The van der Waals surface area contributed by atoms with E-state index in [-0.39, 0.29) is 11.3 Å². The van der Waals surface area contributed by atoms with Crippen LogP contribution in [0.5, 0.6) is 0 Å². The lowest BCUT2D eigenvalue weighted by molar-refractivity contribution is -0.144. The van der Waals surface area contributed by atoms with E-state index >= 15 is 0 Å². The second-order valence-electron chi connectivity index (χ2n) is 7.44. The zero-order chi connectivity index (χ0) is 15.7. The molecule has 22 heavy (non-hydrogen) atoms. The van der Waals surface area contributed by atoms with Crippen molar-refractivity contribution in [2.45, 2.75) is 38.5 Å². The van der Waals surface area contributed by atoms with E-state index in [0.717, 1.165) is 37.0 Å². The van der Waals surface area contributed by atoms with Gasteiger partial charge in [0.15, 0.2) is 5.11 Å². The van der Waals surface area contributed by atoms with Crippen molar-refractivity contribution in [1.82, 2.24) is 10.2 Å². The summed E-state index contributed by atoms with van der Waals surface area (Å²) in [6.07, 6.45) is 10.8. The first-order chi connectivity index (χ1) is 10.6. The van der Waals surface area contributed by atoms with Gasteiger partial charge >= 0.3 is 0 Å². The van der Waals surface area contributed by atoms with E-state index in [4.69, 9.17) is 12.2 Å². The maximum atomic E-state index is 12.9. The largest absolute Gasteiger partial charge is 0.342 e. The van der Waals surface area contributed by atoms with Crippen LogP contribution in [-0.4, -0.2) is 29.0 Å². The lowest BCUT2D eigenvalue weighted by Gasteiger charge is -2.55. The number of thiocarbonyl (C=S) groups is 1. The zero-order valence-corrected chi connectivity index (χ0v) is 14.0. The Bertz CT molecular complexity index is 454. The molecule has 4 fully saturated rings. The van der Waals surface area contributed by atoms with Crippen molar-refractivity contribution in [3.05, 3.63) is 25.3 Å². The van der Waals surface area contributed by atoms with E-state index in [9.17, 15) is 4.79 Å². The second kappa shape index (κ2) is 6.15. The number of carbonyl (C=O) groups excluding carboxylic acids is 1. The average Bonchev–Trinajstić information content (AvgIpc) is 2.45. The molecule has 0 radical (unpaired) electrons. The number of amides is 1. The Morgan fingerprint density at radius 2 is 1.55 bits per heavy atom. The molecule has 4 bridgehead atoms. The third-order valence-corrected chi connectivity index (χ3v) is 6.09. The SMILES string of the molecule is C=CCN(CC=C)C(=S)NC(=O)C12CC3CC(CC(C3)C1)C2. The number of carbonyl (C=O) groups is 1. The van der Waals surface area contributed by atoms with Crippen LogP contribution in [0.2, 0.25) is 0 Å². The quantitative estimate of drug-likeness (QED) is 0.624. The van der Waals surface area contributed by atoms with Gasteiger partial charge in [0.05, 0.1) is 5.41 Å². The molecule has 120 valence electrons. The molecule has 0 heterocycles. The van der Waals surface area contributed by atoms with Gasteiger partial charge in [0, 0.05) is 13.1 Å². The standard InChI is InChI=1S/C18H26N2OS/c1-3-5-20(6-4-2)17(22)19-16(21)18-10-13-7-14(11-18)9-15(8-13)12-18/h3-4,13-15H,1-2,5-12H2,(H,19,21,22). The highest BCUT2D eigenvalue weighted by Gasteiger charge is 2.54. The summed E-state index contributed by atoms with van der Waals surface area (Å²) in [6, 6.07) is 0. The van der Waals surface area contributed by atoms with Crippen molar-refractivity contribution < 1.29 is 4.79 Å². The number of nitrogens with zero attached hydrogens (tertiary/aromatic N) is 1. The maximum absolute atomic E-state index is 12.9. The molecule has 4 rings (SSSR count). The van der Waals surface area contributed by atoms with Crippen LogP contribution in [0.3, 0.4) is 0 Å². The van der Waals surface area contributed by atoms with Crippen molar-refractivity contribution in [2.75, 3.05) is 13.1 Å². The number of hydrogen-bond acceptors (Lipinski definition) is 2. The van der Waals surface area contributed by atoms with E-state index in [1.54, 1.807) is 12.2 Å². The van der Waals surface area contributed by atoms with Crippen LogP contribution in [0, 0.1) is 23.2 Å². The summed E-state index contributed by atoms with van der Waals surface area (Å²) in [5, 5.41) is 3.54. The van der Waals surface area contributed by atoms with E-state index in [1.807, 2.05) is 4.90 Å². The highest BCUT2D eigenvalue weighted by atomic mass is 32.1. The first kappa shape index (κ1) is 15.7. The predicted octanol–water partition coefficient (Wildman–Crippen LogP) is 3.28. The molecule has 0 aromatic rings. The Morgan fingerprint density at radius 1 is 1.09 bits per heavy atom. The van der Waals surface area contributed by atoms with Gasteiger partial charge in [0.25, 0.3) is 0 Å². The van der Waals surface area contributed by atoms with E-state index in [0.29, 0.717) is 18.2 Å². The molecule has 0 saturated heterocycles. The van der Waals surface area contributed by atoms with Gasteiger partial charge < -0.3 is 10.2 Å². The molecule has 0 spiro atoms. The summed E-state index contributed by atoms with van der Waals surface area (Å²) in [5.41, 5.74) is -0.146. The average molecular weight is 318 g/mol. The van der Waals surface area contributed by atoms with Gasteiger partial charge in [-0.3, -0.25) is 4.79 Å². The second-order valence-corrected chi connectivity index (χ2v) is 7.83. The minimum atomic E-state index is -0.146. The number of rotatable bonds is 5. The van der Waals surface area contributed by atoms with Crippen LogP contribution in [0.4, 0.5) is 0 Å². The highest BCUT2D eigenvalue weighted by molar-refractivity contribution is 7.80. The Balaban J connectivity index is 1.67. The minimum absolute atomic E-state index is 0.146. The summed E-state index contributed by atoms with van der Waals surface area (Å²) in [4.78, 5) is 14.9. The van der Waals surface area contributed by atoms with Gasteiger partial charge in [-0.2, -0.15) is 0 Å². The summed E-state index contributed by atoms with van der Waals surface area (Å²) < 4.78 is 0. The molecule has 0 aromatic heterocycles. The van der Waals surface area contributed by atoms with Gasteiger partial charge in [0.1, 0.15) is 0 Å². The Morgan fingerprint density at radius 3 is 1.95 bits per heavy atom. The Hall–Kier alpha value is -1.16. The smallest absolute Gasteiger partial charge is 0.232 e. The summed E-state index contributed by atoms with van der Waals surface area (Å²) in [5.74, 6) is 2.46.